The number of nitrogens with one attached hydrogen (secondary N) is 1. The molecular formula is C17H17ClFNO. The maximum atomic E-state index is 13.6. The zero-order chi connectivity index (χ0) is 15.1. The normalized spacial score (nSPS) is 10.4. The summed E-state index contributed by atoms with van der Waals surface area (Å²) in [7, 11) is 0. The van der Waals surface area contributed by atoms with Crippen molar-refractivity contribution in [1.29, 1.82) is 0 Å². The van der Waals surface area contributed by atoms with Crippen molar-refractivity contribution in [2.75, 3.05) is 6.54 Å². The Balaban J connectivity index is 1.75. The third-order valence-corrected chi connectivity index (χ3v) is 3.53. The van der Waals surface area contributed by atoms with E-state index >= 15 is 0 Å². The summed E-state index contributed by atoms with van der Waals surface area (Å²) in [4.78, 5) is 11.9. The second-order valence-corrected chi connectivity index (χ2v) is 5.20. The van der Waals surface area contributed by atoms with Gasteiger partial charge in [0, 0.05) is 6.54 Å². The first-order valence-corrected chi connectivity index (χ1v) is 7.32. The fraction of sp³-hybridized carbons (Fsp3) is 0.235. The molecule has 1 amide bonds. The van der Waals surface area contributed by atoms with Crippen molar-refractivity contribution < 1.29 is 9.18 Å². The number of benzene rings is 2. The molecule has 1 N–H and O–H groups in total. The van der Waals surface area contributed by atoms with E-state index in [9.17, 15) is 9.18 Å². The highest BCUT2D eigenvalue weighted by molar-refractivity contribution is 6.33. The van der Waals surface area contributed by atoms with E-state index in [-0.39, 0.29) is 10.6 Å². The fourth-order valence-electron chi connectivity index (χ4n) is 2.10. The van der Waals surface area contributed by atoms with Crippen molar-refractivity contribution in [3.05, 3.63) is 70.5 Å². The lowest BCUT2D eigenvalue weighted by Crippen LogP contribution is -2.25. The van der Waals surface area contributed by atoms with Crippen LogP contribution < -0.4 is 5.32 Å². The molecule has 0 fully saturated rings. The van der Waals surface area contributed by atoms with Crippen LogP contribution in [-0.2, 0) is 6.42 Å². The molecule has 0 spiro atoms. The molecule has 0 saturated heterocycles. The molecule has 110 valence electrons. The molecule has 21 heavy (non-hydrogen) atoms. The minimum Gasteiger partial charge on any atom is -0.352 e. The van der Waals surface area contributed by atoms with E-state index in [0.29, 0.717) is 6.54 Å². The van der Waals surface area contributed by atoms with Crippen molar-refractivity contribution in [1.82, 2.24) is 5.32 Å². The molecule has 0 bridgehead atoms. The third kappa shape index (κ3) is 4.57. The Morgan fingerprint density at radius 3 is 2.52 bits per heavy atom. The van der Waals surface area contributed by atoms with Crippen LogP contribution in [0.15, 0.2) is 48.5 Å². The predicted octanol–water partition coefficient (Wildman–Crippen LogP) is 4.23. The van der Waals surface area contributed by atoms with Crippen LogP contribution in [0.4, 0.5) is 4.39 Å². The lowest BCUT2D eigenvalue weighted by Gasteiger charge is -2.07. The van der Waals surface area contributed by atoms with Crippen molar-refractivity contribution in [2.45, 2.75) is 19.3 Å². The van der Waals surface area contributed by atoms with Crippen LogP contribution in [0.25, 0.3) is 0 Å². The standard InChI is InChI=1S/C17H17ClFNO/c18-14-10-6-11-15(19)16(14)17(21)20-12-5-4-9-13-7-2-1-3-8-13/h1-3,6-8,10-11H,4-5,9,12H2,(H,20,21). The quantitative estimate of drug-likeness (QED) is 0.795. The van der Waals surface area contributed by atoms with E-state index in [0.717, 1.165) is 19.3 Å². The van der Waals surface area contributed by atoms with Gasteiger partial charge in [-0.05, 0) is 37.0 Å². The van der Waals surface area contributed by atoms with Gasteiger partial charge in [0.25, 0.3) is 5.91 Å². The van der Waals surface area contributed by atoms with E-state index in [2.05, 4.69) is 17.4 Å². The topological polar surface area (TPSA) is 29.1 Å². The number of carbonyl (C=O) groups excluding carboxylic acids is 1. The highest BCUT2D eigenvalue weighted by Gasteiger charge is 2.14. The molecule has 2 aromatic rings. The molecule has 0 radical (unpaired) electrons. The minimum atomic E-state index is -0.593. The molecule has 0 unspecified atom stereocenters. The maximum absolute atomic E-state index is 13.6. The minimum absolute atomic E-state index is 0.0813. The molecule has 2 aromatic carbocycles. The second-order valence-electron chi connectivity index (χ2n) is 4.80. The summed E-state index contributed by atoms with van der Waals surface area (Å²) in [5.74, 6) is -1.05. The van der Waals surface area contributed by atoms with Gasteiger partial charge in [0.05, 0.1) is 10.6 Å². The Bertz CT molecular complexity index is 581. The van der Waals surface area contributed by atoms with Gasteiger partial charge in [0.2, 0.25) is 0 Å². The van der Waals surface area contributed by atoms with Gasteiger partial charge in [-0.2, -0.15) is 0 Å². The first-order valence-electron chi connectivity index (χ1n) is 6.94. The van der Waals surface area contributed by atoms with E-state index in [1.54, 1.807) is 0 Å². The molecule has 2 nitrogen and oxygen atoms in total. The SMILES string of the molecule is O=C(NCCCCc1ccccc1)c1c(F)cccc1Cl. The summed E-state index contributed by atoms with van der Waals surface area (Å²) < 4.78 is 13.6. The van der Waals surface area contributed by atoms with Crippen LogP contribution in [0, 0.1) is 5.82 Å². The van der Waals surface area contributed by atoms with Gasteiger partial charge in [0.1, 0.15) is 5.82 Å². The number of aryl methyl sites for hydroxylation is 1. The number of carbonyl (C=O) groups is 1. The van der Waals surface area contributed by atoms with Crippen molar-refractivity contribution in [2.24, 2.45) is 0 Å². The van der Waals surface area contributed by atoms with Crippen molar-refractivity contribution >= 4 is 17.5 Å². The summed E-state index contributed by atoms with van der Waals surface area (Å²) in [5, 5.41) is 2.84. The van der Waals surface area contributed by atoms with Gasteiger partial charge in [-0.15, -0.1) is 0 Å². The number of hydrogen-bond acceptors (Lipinski definition) is 1. The van der Waals surface area contributed by atoms with E-state index in [1.165, 1.54) is 23.8 Å². The predicted molar refractivity (Wildman–Crippen MR) is 83.1 cm³/mol. The molecule has 0 aliphatic rings. The van der Waals surface area contributed by atoms with E-state index in [1.807, 2.05) is 18.2 Å². The summed E-state index contributed by atoms with van der Waals surface area (Å²) in [6.45, 7) is 0.510. The van der Waals surface area contributed by atoms with Crippen LogP contribution >= 0.6 is 11.6 Å². The Hall–Kier alpha value is -1.87. The molecule has 2 rings (SSSR count). The molecule has 0 saturated carbocycles. The lowest BCUT2D eigenvalue weighted by atomic mass is 10.1. The van der Waals surface area contributed by atoms with Crippen LogP contribution in [0.1, 0.15) is 28.8 Å². The average molecular weight is 306 g/mol. The monoisotopic (exact) mass is 305 g/mol. The Kier molecular flexibility index (Phi) is 5.76. The van der Waals surface area contributed by atoms with Crippen LogP contribution in [0.3, 0.4) is 0 Å². The first-order chi connectivity index (χ1) is 10.2. The zero-order valence-electron chi connectivity index (χ0n) is 11.6. The molecule has 4 heteroatoms. The van der Waals surface area contributed by atoms with Gasteiger partial charge in [-0.3, -0.25) is 4.79 Å². The lowest BCUT2D eigenvalue weighted by molar-refractivity contribution is 0.0949. The third-order valence-electron chi connectivity index (χ3n) is 3.21. The van der Waals surface area contributed by atoms with E-state index in [4.69, 9.17) is 11.6 Å². The van der Waals surface area contributed by atoms with Gasteiger partial charge >= 0.3 is 0 Å². The highest BCUT2D eigenvalue weighted by atomic mass is 35.5. The molecule has 0 aliphatic carbocycles. The smallest absolute Gasteiger partial charge is 0.255 e. The van der Waals surface area contributed by atoms with Gasteiger partial charge in [0.15, 0.2) is 0 Å². The molecular weight excluding hydrogens is 289 g/mol. The molecule has 0 atom stereocenters. The first kappa shape index (κ1) is 15.5. The number of rotatable bonds is 6. The number of halogens is 2. The Morgan fingerprint density at radius 1 is 1.05 bits per heavy atom. The Labute approximate surface area is 128 Å². The molecule has 0 aromatic heterocycles. The number of unbranched alkanes of at least 4 members (excludes halogenated alkanes) is 1. The molecule has 0 heterocycles. The fourth-order valence-corrected chi connectivity index (χ4v) is 2.35. The summed E-state index contributed by atoms with van der Waals surface area (Å²) in [5.41, 5.74) is 1.20. The maximum Gasteiger partial charge on any atom is 0.255 e. The van der Waals surface area contributed by atoms with Crippen LogP contribution in [-0.4, -0.2) is 12.5 Å². The Morgan fingerprint density at radius 2 is 1.81 bits per heavy atom. The van der Waals surface area contributed by atoms with Crippen LogP contribution in [0.5, 0.6) is 0 Å². The van der Waals surface area contributed by atoms with Crippen LogP contribution in [0.2, 0.25) is 5.02 Å². The largest absolute Gasteiger partial charge is 0.352 e. The highest BCUT2D eigenvalue weighted by Crippen LogP contribution is 2.18. The van der Waals surface area contributed by atoms with Gasteiger partial charge < -0.3 is 5.32 Å². The van der Waals surface area contributed by atoms with Crippen molar-refractivity contribution in [3.63, 3.8) is 0 Å². The van der Waals surface area contributed by atoms with Crippen molar-refractivity contribution in [3.8, 4) is 0 Å². The second kappa shape index (κ2) is 7.79. The average Bonchev–Trinajstić information content (AvgIpc) is 2.48. The zero-order valence-corrected chi connectivity index (χ0v) is 12.4. The molecule has 0 aliphatic heterocycles. The summed E-state index contributed by atoms with van der Waals surface area (Å²) in [6, 6.07) is 14.4. The number of amides is 1. The van der Waals surface area contributed by atoms with Gasteiger partial charge in [-0.25, -0.2) is 4.39 Å². The van der Waals surface area contributed by atoms with Gasteiger partial charge in [-0.1, -0.05) is 48.0 Å². The summed E-state index contributed by atoms with van der Waals surface area (Å²) >= 11 is 5.84. The summed E-state index contributed by atoms with van der Waals surface area (Å²) in [6.07, 6.45) is 2.78. The van der Waals surface area contributed by atoms with E-state index < -0.39 is 11.7 Å². The number of hydrogen-bond donors (Lipinski definition) is 1.